The third kappa shape index (κ3) is 2.23. The number of carboxylic acid groups (broad SMARTS) is 1. The highest BCUT2D eigenvalue weighted by Crippen LogP contribution is 2.51. The van der Waals surface area contributed by atoms with E-state index in [1.165, 1.54) is 0 Å². The summed E-state index contributed by atoms with van der Waals surface area (Å²) in [6, 6.07) is 11.5. The van der Waals surface area contributed by atoms with E-state index < -0.39 is 5.97 Å². The molecule has 4 rings (SSSR count). The molecule has 0 aromatic heterocycles. The first-order valence-electron chi connectivity index (χ1n) is 8.10. The molecule has 0 bridgehead atoms. The number of carbonyl (C=O) groups excluding carboxylic acids is 1. The molecule has 1 heterocycles. The van der Waals surface area contributed by atoms with Gasteiger partial charge in [-0.2, -0.15) is 0 Å². The first kappa shape index (κ1) is 15.3. The van der Waals surface area contributed by atoms with Gasteiger partial charge in [-0.05, 0) is 42.0 Å². The minimum atomic E-state index is -1.14. The molecule has 0 amide bonds. The molecule has 0 saturated heterocycles. The Balaban J connectivity index is 1.87. The van der Waals surface area contributed by atoms with Crippen LogP contribution in [0.1, 0.15) is 45.4 Å². The minimum absolute atomic E-state index is 0.0573. The third-order valence-electron chi connectivity index (χ3n) is 5.26. The van der Waals surface area contributed by atoms with Crippen LogP contribution in [0.15, 0.2) is 48.6 Å². The summed E-state index contributed by atoms with van der Waals surface area (Å²) in [5.74, 6) is -0.488. The number of allylic oxidation sites excluding steroid dienone is 2. The maximum Gasteiger partial charge on any atom is 0.0718 e. The number of carbonyl (C=O) groups is 1. The second kappa shape index (κ2) is 5.67. The summed E-state index contributed by atoms with van der Waals surface area (Å²) >= 11 is 6.43. The lowest BCUT2D eigenvalue weighted by Crippen LogP contribution is -2.31. The van der Waals surface area contributed by atoms with Crippen LogP contribution in [-0.4, -0.2) is 5.97 Å². The van der Waals surface area contributed by atoms with Crippen LogP contribution in [-0.2, 0) is 0 Å². The molecule has 1 N–H and O–H groups in total. The zero-order chi connectivity index (χ0) is 16.8. The van der Waals surface area contributed by atoms with Gasteiger partial charge in [0.1, 0.15) is 0 Å². The fourth-order valence-electron chi connectivity index (χ4n) is 4.07. The first-order valence-corrected chi connectivity index (χ1v) is 8.48. The Labute approximate surface area is 146 Å². The SMILES string of the molecule is Cc1c(C(=O)[O-])ccc2c1N[C@@H](c1ccccc1Cl)[C@@H]1CC=C[C@@H]21. The summed E-state index contributed by atoms with van der Waals surface area (Å²) in [6.07, 6.45) is 5.42. The van der Waals surface area contributed by atoms with Crippen LogP contribution in [0.2, 0.25) is 5.02 Å². The lowest BCUT2D eigenvalue weighted by Gasteiger charge is -2.39. The van der Waals surface area contributed by atoms with Gasteiger partial charge in [-0.15, -0.1) is 0 Å². The van der Waals surface area contributed by atoms with Crippen molar-refractivity contribution >= 4 is 23.3 Å². The average molecular weight is 339 g/mol. The molecule has 1 aliphatic heterocycles. The number of rotatable bonds is 2. The average Bonchev–Trinajstić information content (AvgIpc) is 3.05. The largest absolute Gasteiger partial charge is 0.545 e. The minimum Gasteiger partial charge on any atom is -0.545 e. The number of nitrogens with one attached hydrogen (secondary N) is 1. The molecule has 0 radical (unpaired) electrons. The Kier molecular flexibility index (Phi) is 3.61. The van der Waals surface area contributed by atoms with E-state index in [1.807, 2.05) is 37.3 Å². The van der Waals surface area contributed by atoms with E-state index in [1.54, 1.807) is 6.07 Å². The van der Waals surface area contributed by atoms with Crippen LogP contribution in [0.5, 0.6) is 0 Å². The maximum atomic E-state index is 11.4. The molecular formula is C20H17ClNO2-. The van der Waals surface area contributed by atoms with Crippen LogP contribution < -0.4 is 10.4 Å². The van der Waals surface area contributed by atoms with Crippen LogP contribution in [0.3, 0.4) is 0 Å². The molecule has 0 saturated carbocycles. The number of fused-ring (bicyclic) bond motifs is 3. The van der Waals surface area contributed by atoms with Crippen molar-refractivity contribution in [2.45, 2.75) is 25.3 Å². The third-order valence-corrected chi connectivity index (χ3v) is 5.60. The summed E-state index contributed by atoms with van der Waals surface area (Å²) in [5.41, 5.74) is 4.07. The van der Waals surface area contributed by atoms with Crippen molar-refractivity contribution in [2.24, 2.45) is 5.92 Å². The summed E-state index contributed by atoms with van der Waals surface area (Å²) in [5, 5.41) is 15.7. The van der Waals surface area contributed by atoms with Crippen LogP contribution in [0.25, 0.3) is 0 Å². The van der Waals surface area contributed by atoms with Crippen LogP contribution in [0, 0.1) is 12.8 Å². The van der Waals surface area contributed by atoms with E-state index in [4.69, 9.17) is 11.6 Å². The number of anilines is 1. The second-order valence-electron chi connectivity index (χ2n) is 6.49. The highest BCUT2D eigenvalue weighted by Gasteiger charge is 2.39. The fourth-order valence-corrected chi connectivity index (χ4v) is 4.32. The molecule has 0 fully saturated rings. The fraction of sp³-hybridized carbons (Fsp3) is 0.250. The maximum absolute atomic E-state index is 11.4. The number of halogens is 1. The van der Waals surface area contributed by atoms with Gasteiger partial charge in [0.25, 0.3) is 0 Å². The van der Waals surface area contributed by atoms with Gasteiger partial charge in [-0.25, -0.2) is 0 Å². The lowest BCUT2D eigenvalue weighted by atomic mass is 9.76. The van der Waals surface area contributed by atoms with Gasteiger partial charge in [0.15, 0.2) is 0 Å². The molecule has 2 aromatic rings. The molecule has 0 unspecified atom stereocenters. The van der Waals surface area contributed by atoms with Crippen LogP contribution >= 0.6 is 11.6 Å². The topological polar surface area (TPSA) is 52.2 Å². The molecule has 2 aliphatic rings. The number of carboxylic acids is 1. The lowest BCUT2D eigenvalue weighted by molar-refractivity contribution is -0.255. The molecule has 3 nitrogen and oxygen atoms in total. The Morgan fingerprint density at radius 1 is 1.21 bits per heavy atom. The smallest absolute Gasteiger partial charge is 0.0718 e. The summed E-state index contributed by atoms with van der Waals surface area (Å²) in [7, 11) is 0. The zero-order valence-corrected chi connectivity index (χ0v) is 14.0. The van der Waals surface area contributed by atoms with Crippen molar-refractivity contribution in [3.8, 4) is 0 Å². The van der Waals surface area contributed by atoms with Gasteiger partial charge in [0.2, 0.25) is 0 Å². The number of hydrogen-bond acceptors (Lipinski definition) is 3. The van der Waals surface area contributed by atoms with E-state index in [-0.39, 0.29) is 17.5 Å². The van der Waals surface area contributed by atoms with Crippen molar-refractivity contribution < 1.29 is 9.90 Å². The Morgan fingerprint density at radius 2 is 2.00 bits per heavy atom. The number of hydrogen-bond donors (Lipinski definition) is 1. The number of benzene rings is 2. The van der Waals surface area contributed by atoms with Crippen LogP contribution in [0.4, 0.5) is 5.69 Å². The summed E-state index contributed by atoms with van der Waals surface area (Å²) in [6.45, 7) is 1.83. The predicted molar refractivity (Wildman–Crippen MR) is 93.3 cm³/mol. The van der Waals surface area contributed by atoms with Gasteiger partial charge in [-0.3, -0.25) is 0 Å². The van der Waals surface area contributed by atoms with Gasteiger partial charge < -0.3 is 15.2 Å². The Bertz CT molecular complexity index is 859. The molecule has 0 spiro atoms. The standard InChI is InChI=1S/C20H18ClNO2/c1-11-12(20(23)24)9-10-15-13-6-4-7-14(13)19(22-18(11)15)16-5-2-3-8-17(16)21/h2-6,8-10,13-14,19,22H,7H2,1H3,(H,23,24)/p-1/t13-,14-,19-/m1/s1. The molecule has 1 aliphatic carbocycles. The highest BCUT2D eigenvalue weighted by atomic mass is 35.5. The predicted octanol–water partition coefficient (Wildman–Crippen LogP) is 3.84. The van der Waals surface area contributed by atoms with E-state index in [2.05, 4.69) is 17.5 Å². The van der Waals surface area contributed by atoms with E-state index in [0.717, 1.165) is 33.8 Å². The van der Waals surface area contributed by atoms with Gasteiger partial charge in [-0.1, -0.05) is 54.1 Å². The van der Waals surface area contributed by atoms with E-state index in [9.17, 15) is 9.90 Å². The van der Waals surface area contributed by atoms with E-state index in [0.29, 0.717) is 5.92 Å². The highest BCUT2D eigenvalue weighted by molar-refractivity contribution is 6.31. The van der Waals surface area contributed by atoms with Crippen molar-refractivity contribution in [3.05, 3.63) is 75.8 Å². The van der Waals surface area contributed by atoms with E-state index >= 15 is 0 Å². The molecule has 2 aromatic carbocycles. The molecular weight excluding hydrogens is 322 g/mol. The zero-order valence-electron chi connectivity index (χ0n) is 13.3. The van der Waals surface area contributed by atoms with Gasteiger partial charge in [0, 0.05) is 22.2 Å². The molecule has 24 heavy (non-hydrogen) atoms. The van der Waals surface area contributed by atoms with Crippen molar-refractivity contribution in [1.29, 1.82) is 0 Å². The molecule has 4 heteroatoms. The van der Waals surface area contributed by atoms with Crippen molar-refractivity contribution in [1.82, 2.24) is 0 Å². The monoisotopic (exact) mass is 338 g/mol. The first-order chi connectivity index (χ1) is 11.6. The number of aromatic carboxylic acids is 1. The summed E-state index contributed by atoms with van der Waals surface area (Å²) < 4.78 is 0. The second-order valence-corrected chi connectivity index (χ2v) is 6.89. The normalized spacial score (nSPS) is 24.2. The van der Waals surface area contributed by atoms with Gasteiger partial charge >= 0.3 is 0 Å². The molecule has 122 valence electrons. The summed E-state index contributed by atoms with van der Waals surface area (Å²) in [4.78, 5) is 11.4. The Hall–Kier alpha value is -2.26. The molecule has 3 atom stereocenters. The van der Waals surface area contributed by atoms with Crippen molar-refractivity contribution in [2.75, 3.05) is 5.32 Å². The Morgan fingerprint density at radius 3 is 2.75 bits per heavy atom. The van der Waals surface area contributed by atoms with Crippen molar-refractivity contribution in [3.63, 3.8) is 0 Å². The quantitative estimate of drug-likeness (QED) is 0.846. The van der Waals surface area contributed by atoms with Gasteiger partial charge in [0.05, 0.1) is 12.0 Å².